The lowest BCUT2D eigenvalue weighted by atomic mass is 9.68. The molecule has 0 bridgehead atoms. The van der Waals surface area contributed by atoms with Crippen LogP contribution < -0.4 is 19.7 Å². The van der Waals surface area contributed by atoms with Gasteiger partial charge in [-0.15, -0.1) is 0 Å². The van der Waals surface area contributed by atoms with E-state index in [1.807, 2.05) is 41.3 Å². The minimum Gasteiger partial charge on any atom is -0.454 e. The van der Waals surface area contributed by atoms with Crippen LogP contribution in [0, 0.1) is 0 Å². The summed E-state index contributed by atoms with van der Waals surface area (Å²) in [5.74, 6) is 1.56. The van der Waals surface area contributed by atoms with Gasteiger partial charge in [-0.25, -0.2) is 0 Å². The van der Waals surface area contributed by atoms with Crippen molar-refractivity contribution >= 4 is 17.5 Å². The highest BCUT2D eigenvalue weighted by Crippen LogP contribution is 2.43. The second-order valence-corrected chi connectivity index (χ2v) is 9.42. The number of benzene rings is 2. The van der Waals surface area contributed by atoms with Crippen molar-refractivity contribution < 1.29 is 19.1 Å². The summed E-state index contributed by atoms with van der Waals surface area (Å²) in [4.78, 5) is 30.5. The lowest BCUT2D eigenvalue weighted by molar-refractivity contribution is -0.132. The van der Waals surface area contributed by atoms with Crippen LogP contribution in [0.1, 0.15) is 44.1 Å². The zero-order valence-corrected chi connectivity index (χ0v) is 19.6. The maximum absolute atomic E-state index is 13.5. The van der Waals surface area contributed by atoms with Gasteiger partial charge in [-0.2, -0.15) is 0 Å². The molecule has 34 heavy (non-hydrogen) atoms. The number of amides is 2. The number of nitrogens with one attached hydrogen (secondary N) is 1. The topological polar surface area (TPSA) is 71.1 Å². The number of hydrogen-bond acceptors (Lipinski definition) is 5. The monoisotopic (exact) mass is 463 g/mol. The normalized spacial score (nSPS) is 19.1. The largest absolute Gasteiger partial charge is 0.454 e. The van der Waals surface area contributed by atoms with Gasteiger partial charge in [0.25, 0.3) is 0 Å². The zero-order valence-electron chi connectivity index (χ0n) is 19.6. The smallest absolute Gasteiger partial charge is 0.231 e. The number of anilines is 1. The molecule has 0 unspecified atom stereocenters. The summed E-state index contributed by atoms with van der Waals surface area (Å²) >= 11 is 0. The van der Waals surface area contributed by atoms with E-state index in [-0.39, 0.29) is 18.6 Å². The Labute approximate surface area is 201 Å². The molecule has 3 aliphatic rings. The maximum atomic E-state index is 13.5. The predicted molar refractivity (Wildman–Crippen MR) is 130 cm³/mol. The van der Waals surface area contributed by atoms with Crippen molar-refractivity contribution in [3.8, 4) is 11.5 Å². The molecule has 1 saturated heterocycles. The van der Waals surface area contributed by atoms with Crippen molar-refractivity contribution in [1.29, 1.82) is 0 Å². The predicted octanol–water partition coefficient (Wildman–Crippen LogP) is 3.47. The van der Waals surface area contributed by atoms with Gasteiger partial charge in [-0.1, -0.05) is 43.5 Å². The minimum atomic E-state index is -0.566. The minimum absolute atomic E-state index is 0.0211. The second kappa shape index (κ2) is 9.95. The van der Waals surface area contributed by atoms with Gasteiger partial charge in [0, 0.05) is 44.8 Å². The molecule has 2 amide bonds. The SMILES string of the molecule is O=C(CCNC(=O)C1(c2ccc3c(c2)OCO3)CCCCC1)N1CCN(c2ccccc2)CC1. The molecule has 1 N–H and O–H groups in total. The van der Waals surface area contributed by atoms with E-state index in [0.29, 0.717) is 31.8 Å². The molecular weight excluding hydrogens is 430 g/mol. The van der Waals surface area contributed by atoms with Crippen LogP contribution in [0.2, 0.25) is 0 Å². The Morgan fingerprint density at radius 1 is 0.882 bits per heavy atom. The molecule has 7 heteroatoms. The summed E-state index contributed by atoms with van der Waals surface area (Å²) in [6, 6.07) is 16.2. The van der Waals surface area contributed by atoms with E-state index < -0.39 is 5.41 Å². The lowest BCUT2D eigenvalue weighted by Gasteiger charge is -2.37. The lowest BCUT2D eigenvalue weighted by Crippen LogP contribution is -2.50. The van der Waals surface area contributed by atoms with Crippen LogP contribution in [-0.2, 0) is 15.0 Å². The molecule has 1 aliphatic carbocycles. The first kappa shape index (κ1) is 22.6. The highest BCUT2D eigenvalue weighted by molar-refractivity contribution is 5.89. The van der Waals surface area contributed by atoms with E-state index >= 15 is 0 Å². The third-order valence-electron chi connectivity index (χ3n) is 7.45. The molecule has 2 aromatic rings. The van der Waals surface area contributed by atoms with Gasteiger partial charge in [-0.3, -0.25) is 9.59 Å². The molecule has 2 heterocycles. The van der Waals surface area contributed by atoms with E-state index in [2.05, 4.69) is 22.3 Å². The van der Waals surface area contributed by atoms with Crippen LogP contribution in [0.5, 0.6) is 11.5 Å². The van der Waals surface area contributed by atoms with Gasteiger partial charge in [0.05, 0.1) is 5.41 Å². The molecule has 5 rings (SSSR count). The van der Waals surface area contributed by atoms with Crippen LogP contribution in [-0.4, -0.2) is 56.2 Å². The van der Waals surface area contributed by atoms with Gasteiger partial charge in [0.1, 0.15) is 0 Å². The average molecular weight is 464 g/mol. The molecule has 180 valence electrons. The first-order valence-corrected chi connectivity index (χ1v) is 12.4. The van der Waals surface area contributed by atoms with Crippen molar-refractivity contribution in [1.82, 2.24) is 10.2 Å². The number of carbonyl (C=O) groups is 2. The molecule has 2 aromatic carbocycles. The van der Waals surface area contributed by atoms with Gasteiger partial charge >= 0.3 is 0 Å². The van der Waals surface area contributed by atoms with Crippen LogP contribution in [0.15, 0.2) is 48.5 Å². The van der Waals surface area contributed by atoms with Crippen LogP contribution in [0.25, 0.3) is 0 Å². The van der Waals surface area contributed by atoms with Crippen LogP contribution >= 0.6 is 0 Å². The zero-order chi connectivity index (χ0) is 23.4. The molecular formula is C27H33N3O4. The van der Waals surface area contributed by atoms with Gasteiger partial charge in [-0.05, 0) is 42.7 Å². The molecule has 2 fully saturated rings. The molecule has 7 nitrogen and oxygen atoms in total. The van der Waals surface area contributed by atoms with E-state index in [1.54, 1.807) is 0 Å². The van der Waals surface area contributed by atoms with E-state index in [0.717, 1.165) is 56.5 Å². The first-order valence-electron chi connectivity index (χ1n) is 12.4. The van der Waals surface area contributed by atoms with Crippen molar-refractivity contribution in [3.05, 3.63) is 54.1 Å². The van der Waals surface area contributed by atoms with Crippen LogP contribution in [0.4, 0.5) is 5.69 Å². The average Bonchev–Trinajstić information content (AvgIpc) is 3.38. The van der Waals surface area contributed by atoms with Crippen molar-refractivity contribution in [2.24, 2.45) is 0 Å². The molecule has 0 atom stereocenters. The summed E-state index contributed by atoms with van der Waals surface area (Å²) in [6.07, 6.45) is 5.14. The number of rotatable bonds is 6. The molecule has 0 radical (unpaired) electrons. The number of nitrogens with zero attached hydrogens (tertiary/aromatic N) is 2. The van der Waals surface area contributed by atoms with Crippen molar-refractivity contribution in [3.63, 3.8) is 0 Å². The Kier molecular flexibility index (Phi) is 6.61. The van der Waals surface area contributed by atoms with E-state index in [9.17, 15) is 9.59 Å². The fourth-order valence-electron chi connectivity index (χ4n) is 5.46. The van der Waals surface area contributed by atoms with E-state index in [1.165, 1.54) is 5.69 Å². The highest BCUT2D eigenvalue weighted by atomic mass is 16.7. The Balaban J connectivity index is 1.16. The number of carbonyl (C=O) groups excluding carboxylic acids is 2. The number of hydrogen-bond donors (Lipinski definition) is 1. The summed E-state index contributed by atoms with van der Waals surface area (Å²) in [5, 5.41) is 3.10. The first-order chi connectivity index (χ1) is 16.7. The van der Waals surface area contributed by atoms with Crippen molar-refractivity contribution in [2.45, 2.75) is 43.9 Å². The molecule has 2 aliphatic heterocycles. The highest BCUT2D eigenvalue weighted by Gasteiger charge is 2.41. The van der Waals surface area contributed by atoms with Gasteiger partial charge in [0.15, 0.2) is 11.5 Å². The fraction of sp³-hybridized carbons (Fsp3) is 0.481. The second-order valence-electron chi connectivity index (χ2n) is 9.42. The van der Waals surface area contributed by atoms with Gasteiger partial charge < -0.3 is 24.6 Å². The van der Waals surface area contributed by atoms with Gasteiger partial charge in [0.2, 0.25) is 18.6 Å². The summed E-state index contributed by atoms with van der Waals surface area (Å²) < 4.78 is 11.0. The Hall–Kier alpha value is -3.22. The fourth-order valence-corrected chi connectivity index (χ4v) is 5.46. The Morgan fingerprint density at radius 3 is 2.38 bits per heavy atom. The number of ether oxygens (including phenoxy) is 2. The summed E-state index contributed by atoms with van der Waals surface area (Å²) in [5.41, 5.74) is 1.62. The Bertz CT molecular complexity index is 1010. The van der Waals surface area contributed by atoms with Crippen molar-refractivity contribution in [2.75, 3.05) is 44.4 Å². The quantitative estimate of drug-likeness (QED) is 0.710. The molecule has 1 saturated carbocycles. The summed E-state index contributed by atoms with van der Waals surface area (Å²) in [6.45, 7) is 3.67. The standard InChI is InChI=1S/C27H33N3O4/c31-25(30-17-15-29(16-18-30)22-7-3-1-4-8-22)11-14-28-26(32)27(12-5-2-6-13-27)21-9-10-23-24(19-21)34-20-33-23/h1,3-4,7-10,19H,2,5-6,11-18,20H2,(H,28,32). The number of fused-ring (bicyclic) bond motifs is 1. The molecule has 0 spiro atoms. The molecule has 0 aromatic heterocycles. The number of piperazine rings is 1. The third-order valence-corrected chi connectivity index (χ3v) is 7.45. The van der Waals surface area contributed by atoms with Crippen LogP contribution in [0.3, 0.4) is 0 Å². The summed E-state index contributed by atoms with van der Waals surface area (Å²) in [7, 11) is 0. The van der Waals surface area contributed by atoms with E-state index in [4.69, 9.17) is 9.47 Å². The maximum Gasteiger partial charge on any atom is 0.231 e. The third kappa shape index (κ3) is 4.56. The number of para-hydroxylation sites is 1. The Morgan fingerprint density at radius 2 is 1.62 bits per heavy atom.